The van der Waals surface area contributed by atoms with E-state index in [1.54, 1.807) is 5.56 Å². The Balaban J connectivity index is 0.000000171. The van der Waals surface area contributed by atoms with E-state index in [2.05, 4.69) is 35.4 Å². The molecule has 30 heavy (non-hydrogen) atoms. The second kappa shape index (κ2) is 8.47. The number of nitrogens with zero attached hydrogens (tertiary/aromatic N) is 4. The summed E-state index contributed by atoms with van der Waals surface area (Å²) < 4.78 is 0. The summed E-state index contributed by atoms with van der Waals surface area (Å²) in [5.41, 5.74) is 1.16. The molecule has 0 atom stereocenters. The zero-order chi connectivity index (χ0) is 21.8. The number of hydrogen-bond donors (Lipinski definition) is 1. The van der Waals surface area contributed by atoms with E-state index < -0.39 is 37.6 Å². The van der Waals surface area contributed by atoms with Gasteiger partial charge < -0.3 is 5.11 Å². The van der Waals surface area contributed by atoms with Crippen molar-refractivity contribution in [2.24, 2.45) is 0 Å². The Bertz CT molecular complexity index is 1130. The average Bonchev–Trinajstić information content (AvgIpc) is 2.73. The van der Waals surface area contributed by atoms with Crippen LogP contribution < -0.4 is 0 Å². The standard InChI is InChI=1S/C13H13N.C6H3N3O7/c1-2-6-11-10(5-1)9-14-13-8-4-3-7-12(11)13;10-6-4(8(13)14)1-3(7(11)12)2-5(6)9(15)16/h3-4,7-9H,1-2,5-6H2;1-2,10H. The smallest absolute Gasteiger partial charge is 0.324 e. The van der Waals surface area contributed by atoms with Crippen LogP contribution in [0.5, 0.6) is 5.75 Å². The molecule has 2 aromatic carbocycles. The minimum absolute atomic E-state index is 0.447. The lowest BCUT2D eigenvalue weighted by molar-refractivity contribution is -0.404. The highest BCUT2D eigenvalue weighted by atomic mass is 16.6. The fourth-order valence-electron chi connectivity index (χ4n) is 3.34. The van der Waals surface area contributed by atoms with Gasteiger partial charge in [-0.1, -0.05) is 18.2 Å². The number of aromatic nitrogens is 1. The molecule has 0 saturated carbocycles. The summed E-state index contributed by atoms with van der Waals surface area (Å²) in [6, 6.07) is 9.37. The number of hydrogen-bond acceptors (Lipinski definition) is 8. The second-order valence-electron chi connectivity index (χ2n) is 6.59. The number of non-ortho nitro benzene ring substituents is 1. The van der Waals surface area contributed by atoms with Crippen molar-refractivity contribution >= 4 is 28.0 Å². The summed E-state index contributed by atoms with van der Waals surface area (Å²) in [5.74, 6) is -1.21. The summed E-state index contributed by atoms with van der Waals surface area (Å²) in [6.07, 6.45) is 7.18. The van der Waals surface area contributed by atoms with Crippen LogP contribution in [-0.2, 0) is 12.8 Å². The molecule has 0 unspecified atom stereocenters. The van der Waals surface area contributed by atoms with Crippen LogP contribution in [0.25, 0.3) is 10.9 Å². The third kappa shape index (κ3) is 4.14. The minimum atomic E-state index is -1.21. The highest BCUT2D eigenvalue weighted by molar-refractivity contribution is 5.83. The molecule has 0 radical (unpaired) electrons. The van der Waals surface area contributed by atoms with Crippen LogP contribution in [0.4, 0.5) is 17.1 Å². The third-order valence-corrected chi connectivity index (χ3v) is 4.76. The van der Waals surface area contributed by atoms with Crippen molar-refractivity contribution in [2.45, 2.75) is 25.7 Å². The number of pyridine rings is 1. The molecule has 0 amide bonds. The molecule has 0 saturated heterocycles. The van der Waals surface area contributed by atoms with Crippen LogP contribution in [0.1, 0.15) is 24.0 Å². The summed E-state index contributed by atoms with van der Waals surface area (Å²) in [7, 11) is 0. The maximum absolute atomic E-state index is 10.4. The molecule has 1 N–H and O–H groups in total. The van der Waals surface area contributed by atoms with Crippen molar-refractivity contribution in [3.8, 4) is 5.75 Å². The van der Waals surface area contributed by atoms with E-state index in [0.717, 1.165) is 5.52 Å². The van der Waals surface area contributed by atoms with E-state index in [1.165, 1.54) is 36.6 Å². The number of rotatable bonds is 3. The molecule has 0 fully saturated rings. The van der Waals surface area contributed by atoms with Gasteiger partial charge in [0.25, 0.3) is 11.4 Å². The molecule has 3 aromatic rings. The SMILES string of the molecule is O=[N+]([O-])c1cc([N+](=O)[O-])c(O)c([N+](=O)[O-])c1.c1ccc2c3c(cnc2c1)CCCC3. The first-order chi connectivity index (χ1) is 14.3. The fourth-order valence-corrected chi connectivity index (χ4v) is 3.34. The van der Waals surface area contributed by atoms with Crippen LogP contribution in [0.15, 0.2) is 42.6 Å². The summed E-state index contributed by atoms with van der Waals surface area (Å²) in [5, 5.41) is 41.6. The van der Waals surface area contributed by atoms with E-state index in [-0.39, 0.29) is 0 Å². The van der Waals surface area contributed by atoms with Crippen molar-refractivity contribution in [2.75, 3.05) is 0 Å². The largest absolute Gasteiger partial charge is 0.497 e. The van der Waals surface area contributed by atoms with Crippen molar-refractivity contribution in [1.29, 1.82) is 0 Å². The number of aromatic hydroxyl groups is 1. The van der Waals surface area contributed by atoms with Crippen molar-refractivity contribution in [1.82, 2.24) is 4.98 Å². The molecule has 0 spiro atoms. The molecule has 154 valence electrons. The maximum Gasteiger partial charge on any atom is 0.324 e. The van der Waals surface area contributed by atoms with E-state index in [4.69, 9.17) is 5.11 Å². The van der Waals surface area contributed by atoms with Gasteiger partial charge in [-0.25, -0.2) is 0 Å². The molecule has 1 heterocycles. The average molecular weight is 412 g/mol. The normalized spacial score (nSPS) is 12.4. The number of fused-ring (bicyclic) bond motifs is 3. The van der Waals surface area contributed by atoms with Crippen molar-refractivity contribution in [3.05, 3.63) is 84.1 Å². The lowest BCUT2D eigenvalue weighted by atomic mass is 9.90. The zero-order valence-electron chi connectivity index (χ0n) is 15.6. The summed E-state index contributed by atoms with van der Waals surface area (Å²) >= 11 is 0. The first kappa shape index (κ1) is 20.6. The van der Waals surface area contributed by atoms with E-state index in [1.807, 2.05) is 0 Å². The van der Waals surface area contributed by atoms with Gasteiger partial charge in [0.15, 0.2) is 0 Å². The van der Waals surface area contributed by atoms with Gasteiger partial charge in [-0.3, -0.25) is 35.3 Å². The van der Waals surface area contributed by atoms with Gasteiger partial charge in [-0.15, -0.1) is 0 Å². The summed E-state index contributed by atoms with van der Waals surface area (Å²) in [4.78, 5) is 32.3. The van der Waals surface area contributed by atoms with Crippen molar-refractivity contribution in [3.63, 3.8) is 0 Å². The number of phenolic OH excluding ortho intramolecular Hbond substituents is 1. The molecule has 4 rings (SSSR count). The molecule has 1 aliphatic carbocycles. The monoisotopic (exact) mass is 412 g/mol. The highest BCUT2D eigenvalue weighted by Gasteiger charge is 2.30. The van der Waals surface area contributed by atoms with Crippen LogP contribution in [0.3, 0.4) is 0 Å². The van der Waals surface area contributed by atoms with Gasteiger partial charge in [-0.2, -0.15) is 0 Å². The van der Waals surface area contributed by atoms with Gasteiger partial charge in [0.05, 0.1) is 32.4 Å². The van der Waals surface area contributed by atoms with Crippen LogP contribution >= 0.6 is 0 Å². The second-order valence-corrected chi connectivity index (χ2v) is 6.59. The van der Waals surface area contributed by atoms with Crippen LogP contribution in [-0.4, -0.2) is 24.9 Å². The van der Waals surface area contributed by atoms with Gasteiger partial charge in [0.1, 0.15) is 0 Å². The zero-order valence-corrected chi connectivity index (χ0v) is 15.6. The Labute approximate surface area is 169 Å². The first-order valence-electron chi connectivity index (χ1n) is 8.95. The Hall–Kier alpha value is -4.15. The van der Waals surface area contributed by atoms with Gasteiger partial charge >= 0.3 is 11.4 Å². The highest BCUT2D eigenvalue weighted by Crippen LogP contribution is 2.39. The van der Waals surface area contributed by atoms with Crippen molar-refractivity contribution < 1.29 is 19.9 Å². The molecule has 0 aliphatic heterocycles. The van der Waals surface area contributed by atoms with E-state index >= 15 is 0 Å². The Kier molecular flexibility index (Phi) is 5.81. The maximum atomic E-state index is 10.4. The molecular formula is C19H16N4O7. The lowest BCUT2D eigenvalue weighted by Crippen LogP contribution is -2.03. The number of para-hydroxylation sites is 1. The number of phenols is 1. The Morgan fingerprint density at radius 2 is 1.47 bits per heavy atom. The van der Waals surface area contributed by atoms with Crippen LogP contribution in [0, 0.1) is 30.3 Å². The number of benzene rings is 2. The quantitative estimate of drug-likeness (QED) is 0.493. The van der Waals surface area contributed by atoms with E-state index in [0.29, 0.717) is 12.1 Å². The number of aryl methyl sites for hydroxylation is 2. The molecule has 1 aromatic heterocycles. The lowest BCUT2D eigenvalue weighted by Gasteiger charge is -2.16. The topological polar surface area (TPSA) is 163 Å². The predicted molar refractivity (Wildman–Crippen MR) is 106 cm³/mol. The molecular weight excluding hydrogens is 396 g/mol. The van der Waals surface area contributed by atoms with Gasteiger partial charge in [-0.05, 0) is 42.9 Å². The van der Waals surface area contributed by atoms with Crippen LogP contribution in [0.2, 0.25) is 0 Å². The Morgan fingerprint density at radius 3 is 2.07 bits per heavy atom. The summed E-state index contributed by atoms with van der Waals surface area (Å²) in [6.45, 7) is 0. The Morgan fingerprint density at radius 1 is 0.867 bits per heavy atom. The molecule has 11 heteroatoms. The predicted octanol–water partition coefficient (Wildman–Crippen LogP) is 4.23. The fraction of sp³-hybridized carbons (Fsp3) is 0.211. The van der Waals surface area contributed by atoms with Gasteiger partial charge in [0.2, 0.25) is 0 Å². The molecule has 11 nitrogen and oxygen atoms in total. The number of nitro benzene ring substituents is 3. The minimum Gasteiger partial charge on any atom is -0.497 e. The number of nitro groups is 3. The molecule has 1 aliphatic rings. The third-order valence-electron chi connectivity index (χ3n) is 4.76. The van der Waals surface area contributed by atoms with Gasteiger partial charge in [0, 0.05) is 11.6 Å². The molecule has 0 bridgehead atoms. The first-order valence-corrected chi connectivity index (χ1v) is 8.95. The van der Waals surface area contributed by atoms with E-state index in [9.17, 15) is 30.3 Å².